The molecule has 108 valence electrons. The summed E-state index contributed by atoms with van der Waals surface area (Å²) in [4.78, 5) is 2.27. The van der Waals surface area contributed by atoms with Gasteiger partial charge in [0.25, 0.3) is 0 Å². The second-order valence-electron chi connectivity index (χ2n) is 5.24. The molecule has 5 heteroatoms. The molecule has 0 bridgehead atoms. The van der Waals surface area contributed by atoms with Crippen LogP contribution >= 0.6 is 0 Å². The molecule has 1 fully saturated rings. The number of ether oxygens (including phenoxy) is 1. The van der Waals surface area contributed by atoms with Gasteiger partial charge < -0.3 is 20.0 Å². The Balaban J connectivity index is 2.18. The number of aliphatic hydroxyl groups is 1. The van der Waals surface area contributed by atoms with Gasteiger partial charge in [-0.05, 0) is 25.5 Å². The van der Waals surface area contributed by atoms with Crippen molar-refractivity contribution in [2.24, 2.45) is 5.73 Å². The lowest BCUT2D eigenvalue weighted by molar-refractivity contribution is -0.110. The first-order valence-electron chi connectivity index (χ1n) is 6.95. The second kappa shape index (κ2) is 6.52. The van der Waals surface area contributed by atoms with Crippen molar-refractivity contribution in [2.75, 3.05) is 19.7 Å². The van der Waals surface area contributed by atoms with Crippen LogP contribution in [0.1, 0.15) is 32.1 Å². The van der Waals surface area contributed by atoms with E-state index in [4.69, 9.17) is 14.9 Å². The fourth-order valence-electron chi connectivity index (χ4n) is 2.75. The van der Waals surface area contributed by atoms with E-state index >= 15 is 0 Å². The highest BCUT2D eigenvalue weighted by atomic mass is 16.5. The van der Waals surface area contributed by atoms with Gasteiger partial charge in [0, 0.05) is 19.1 Å². The normalized spacial score (nSPS) is 28.2. The molecule has 1 saturated heterocycles. The molecule has 1 aromatic rings. The highest BCUT2D eigenvalue weighted by Crippen LogP contribution is 2.28. The van der Waals surface area contributed by atoms with E-state index in [1.165, 1.54) is 0 Å². The first-order valence-corrected chi connectivity index (χ1v) is 6.95. The Morgan fingerprint density at radius 3 is 2.89 bits per heavy atom. The summed E-state index contributed by atoms with van der Waals surface area (Å²) in [7, 11) is 0. The predicted octanol–water partition coefficient (Wildman–Crippen LogP) is 1.14. The first-order chi connectivity index (χ1) is 9.15. The summed E-state index contributed by atoms with van der Waals surface area (Å²) in [6.45, 7) is 5.61. The number of rotatable bonds is 5. The third-order valence-corrected chi connectivity index (χ3v) is 3.66. The molecule has 2 heterocycles. The average Bonchev–Trinajstić information content (AvgIpc) is 2.91. The van der Waals surface area contributed by atoms with E-state index in [0.29, 0.717) is 6.54 Å². The van der Waals surface area contributed by atoms with Crippen LogP contribution < -0.4 is 5.73 Å². The van der Waals surface area contributed by atoms with Crippen molar-refractivity contribution in [1.82, 2.24) is 4.90 Å². The van der Waals surface area contributed by atoms with Gasteiger partial charge in [-0.3, -0.25) is 4.90 Å². The topological polar surface area (TPSA) is 71.9 Å². The van der Waals surface area contributed by atoms with Gasteiger partial charge in [0.1, 0.15) is 5.76 Å². The molecule has 1 aliphatic heterocycles. The largest absolute Gasteiger partial charge is 0.468 e. The van der Waals surface area contributed by atoms with E-state index in [2.05, 4.69) is 11.8 Å². The molecule has 0 saturated carbocycles. The Bertz CT molecular complexity index is 369. The standard InChI is InChI=1S/C14H24N2O3/c1-3-12(15)14(13-5-4-6-18-13)16-7-10(2)19-11(8-16)9-17/h4-6,10-12,14,17H,3,7-9,15H2,1-2H3. The summed E-state index contributed by atoms with van der Waals surface area (Å²) in [5, 5.41) is 9.33. The van der Waals surface area contributed by atoms with E-state index < -0.39 is 0 Å². The van der Waals surface area contributed by atoms with Crippen LogP contribution in [0.2, 0.25) is 0 Å². The molecule has 2 rings (SSSR count). The molecule has 0 spiro atoms. The van der Waals surface area contributed by atoms with Gasteiger partial charge in [-0.25, -0.2) is 0 Å². The minimum atomic E-state index is -0.148. The smallest absolute Gasteiger partial charge is 0.122 e. The van der Waals surface area contributed by atoms with Crippen LogP contribution in [0.15, 0.2) is 22.8 Å². The summed E-state index contributed by atoms with van der Waals surface area (Å²) in [5.74, 6) is 0.889. The Labute approximate surface area is 114 Å². The molecule has 0 radical (unpaired) electrons. The van der Waals surface area contributed by atoms with Crippen LogP contribution in [0.4, 0.5) is 0 Å². The Morgan fingerprint density at radius 2 is 2.32 bits per heavy atom. The van der Waals surface area contributed by atoms with Gasteiger partial charge in [-0.1, -0.05) is 6.92 Å². The highest BCUT2D eigenvalue weighted by Gasteiger charge is 2.34. The van der Waals surface area contributed by atoms with Crippen molar-refractivity contribution < 1.29 is 14.3 Å². The van der Waals surface area contributed by atoms with Crippen molar-refractivity contribution in [1.29, 1.82) is 0 Å². The summed E-state index contributed by atoms with van der Waals surface area (Å²) >= 11 is 0. The fourth-order valence-corrected chi connectivity index (χ4v) is 2.75. The molecule has 5 nitrogen and oxygen atoms in total. The summed E-state index contributed by atoms with van der Waals surface area (Å²) in [6, 6.07) is 3.91. The number of hydrogen-bond acceptors (Lipinski definition) is 5. The summed E-state index contributed by atoms with van der Waals surface area (Å²) in [5.41, 5.74) is 6.27. The molecule has 0 aromatic carbocycles. The minimum absolute atomic E-state index is 0.00999. The predicted molar refractivity (Wildman–Crippen MR) is 72.7 cm³/mol. The van der Waals surface area contributed by atoms with E-state index in [9.17, 15) is 5.11 Å². The van der Waals surface area contributed by atoms with E-state index in [-0.39, 0.29) is 30.9 Å². The van der Waals surface area contributed by atoms with Crippen molar-refractivity contribution in [3.63, 3.8) is 0 Å². The summed E-state index contributed by atoms with van der Waals surface area (Å²) < 4.78 is 11.2. The lowest BCUT2D eigenvalue weighted by Crippen LogP contribution is -2.52. The van der Waals surface area contributed by atoms with Gasteiger partial charge >= 0.3 is 0 Å². The van der Waals surface area contributed by atoms with Crippen LogP contribution in [0, 0.1) is 0 Å². The number of aliphatic hydroxyl groups excluding tert-OH is 1. The first kappa shape index (κ1) is 14.5. The van der Waals surface area contributed by atoms with Crippen molar-refractivity contribution >= 4 is 0 Å². The summed E-state index contributed by atoms with van der Waals surface area (Å²) in [6.07, 6.45) is 2.50. The van der Waals surface area contributed by atoms with Gasteiger partial charge in [0.15, 0.2) is 0 Å². The fraction of sp³-hybridized carbons (Fsp3) is 0.714. The van der Waals surface area contributed by atoms with Crippen LogP contribution in [0.5, 0.6) is 0 Å². The van der Waals surface area contributed by atoms with Gasteiger partial charge in [0.2, 0.25) is 0 Å². The quantitative estimate of drug-likeness (QED) is 0.838. The van der Waals surface area contributed by atoms with E-state index in [1.54, 1.807) is 6.26 Å². The molecule has 4 unspecified atom stereocenters. The van der Waals surface area contributed by atoms with E-state index in [0.717, 1.165) is 18.7 Å². The van der Waals surface area contributed by atoms with E-state index in [1.807, 2.05) is 19.1 Å². The van der Waals surface area contributed by atoms with Crippen LogP contribution in [0.3, 0.4) is 0 Å². The van der Waals surface area contributed by atoms with Crippen molar-refractivity contribution in [3.05, 3.63) is 24.2 Å². The maximum Gasteiger partial charge on any atom is 0.122 e. The zero-order valence-corrected chi connectivity index (χ0v) is 11.7. The molecule has 4 atom stereocenters. The number of hydrogen-bond donors (Lipinski definition) is 2. The molecule has 0 amide bonds. The number of nitrogens with two attached hydrogens (primary N) is 1. The zero-order valence-electron chi connectivity index (χ0n) is 11.7. The molecule has 0 aliphatic carbocycles. The lowest BCUT2D eigenvalue weighted by Gasteiger charge is -2.41. The number of morpholine rings is 1. The average molecular weight is 268 g/mol. The maximum atomic E-state index is 9.33. The zero-order chi connectivity index (χ0) is 13.8. The van der Waals surface area contributed by atoms with Crippen LogP contribution in [-0.4, -0.2) is 48.0 Å². The van der Waals surface area contributed by atoms with Gasteiger partial charge in [-0.2, -0.15) is 0 Å². The van der Waals surface area contributed by atoms with Crippen LogP contribution in [0.25, 0.3) is 0 Å². The molecule has 1 aromatic heterocycles. The van der Waals surface area contributed by atoms with Gasteiger partial charge in [-0.15, -0.1) is 0 Å². The SMILES string of the molecule is CCC(N)C(c1ccco1)N1CC(C)OC(CO)C1. The Kier molecular flexibility index (Phi) is 4.99. The molecular formula is C14H24N2O3. The third-order valence-electron chi connectivity index (χ3n) is 3.66. The molecule has 1 aliphatic rings. The number of furan rings is 1. The Hall–Kier alpha value is -0.880. The van der Waals surface area contributed by atoms with Gasteiger partial charge in [0.05, 0.1) is 31.1 Å². The number of nitrogens with zero attached hydrogens (tertiary/aromatic N) is 1. The Morgan fingerprint density at radius 1 is 1.53 bits per heavy atom. The monoisotopic (exact) mass is 268 g/mol. The molecule has 3 N–H and O–H groups in total. The third kappa shape index (κ3) is 3.36. The van der Waals surface area contributed by atoms with Crippen molar-refractivity contribution in [2.45, 2.75) is 44.6 Å². The lowest BCUT2D eigenvalue weighted by atomic mass is 10.00. The second-order valence-corrected chi connectivity index (χ2v) is 5.24. The van der Waals surface area contributed by atoms with Crippen LogP contribution in [-0.2, 0) is 4.74 Å². The molecule has 19 heavy (non-hydrogen) atoms. The molecular weight excluding hydrogens is 244 g/mol. The minimum Gasteiger partial charge on any atom is -0.468 e. The maximum absolute atomic E-state index is 9.33. The highest BCUT2D eigenvalue weighted by molar-refractivity contribution is 5.08. The van der Waals surface area contributed by atoms with Crippen molar-refractivity contribution in [3.8, 4) is 0 Å².